The van der Waals surface area contributed by atoms with Crippen LogP contribution in [0.15, 0.2) is 34.4 Å². The summed E-state index contributed by atoms with van der Waals surface area (Å²) < 4.78 is 15.0. The molecule has 6 heteroatoms. The minimum absolute atomic E-state index is 0.111. The minimum atomic E-state index is -0.338. The average molecular weight is 329 g/mol. The van der Waals surface area contributed by atoms with Crippen molar-refractivity contribution in [3.63, 3.8) is 0 Å². The highest BCUT2D eigenvalue weighted by atomic mass is 32.1. The van der Waals surface area contributed by atoms with Gasteiger partial charge in [0.1, 0.15) is 11.5 Å². The monoisotopic (exact) mass is 329 g/mol. The van der Waals surface area contributed by atoms with E-state index in [1.54, 1.807) is 29.0 Å². The molecule has 0 N–H and O–H groups in total. The Bertz CT molecular complexity index is 947. The van der Waals surface area contributed by atoms with Crippen molar-refractivity contribution in [1.29, 1.82) is 0 Å². The molecule has 1 aliphatic rings. The molecule has 0 fully saturated rings. The maximum Gasteiger partial charge on any atom is 0.273 e. The highest BCUT2D eigenvalue weighted by Crippen LogP contribution is 2.24. The number of hydrogen-bond donors (Lipinski definition) is 0. The van der Waals surface area contributed by atoms with Crippen molar-refractivity contribution in [1.82, 2.24) is 14.5 Å². The minimum Gasteiger partial charge on any atom is -0.308 e. The lowest BCUT2D eigenvalue weighted by Crippen LogP contribution is -2.33. The Kier molecular flexibility index (Phi) is 3.50. The fraction of sp³-hybridized carbons (Fsp3) is 0.294. The van der Waals surface area contributed by atoms with E-state index in [2.05, 4.69) is 21.3 Å². The molecule has 3 heterocycles. The third kappa shape index (κ3) is 2.58. The number of aromatic nitrogens is 2. The van der Waals surface area contributed by atoms with E-state index in [1.165, 1.54) is 22.6 Å². The Labute approximate surface area is 136 Å². The summed E-state index contributed by atoms with van der Waals surface area (Å²) in [5, 5.41) is 2.12. The van der Waals surface area contributed by atoms with Gasteiger partial charge in [-0.3, -0.25) is 9.69 Å². The van der Waals surface area contributed by atoms with Gasteiger partial charge >= 0.3 is 0 Å². The Morgan fingerprint density at radius 1 is 1.35 bits per heavy atom. The molecule has 0 radical (unpaired) electrons. The maximum atomic E-state index is 13.5. The summed E-state index contributed by atoms with van der Waals surface area (Å²) in [4.78, 5) is 20.6. The molecule has 4 nitrogen and oxygen atoms in total. The molecule has 1 aliphatic heterocycles. The maximum absolute atomic E-state index is 13.5. The quantitative estimate of drug-likeness (QED) is 0.725. The molecular formula is C17H16FN3OS. The van der Waals surface area contributed by atoms with Crippen molar-refractivity contribution in [2.24, 2.45) is 7.05 Å². The van der Waals surface area contributed by atoms with E-state index in [0.29, 0.717) is 23.3 Å². The van der Waals surface area contributed by atoms with Crippen LogP contribution in [0.1, 0.15) is 16.1 Å². The summed E-state index contributed by atoms with van der Waals surface area (Å²) in [5.74, 6) is -0.338. The highest BCUT2D eigenvalue weighted by Gasteiger charge is 2.19. The van der Waals surface area contributed by atoms with Gasteiger partial charge in [-0.25, -0.2) is 9.37 Å². The van der Waals surface area contributed by atoms with Crippen LogP contribution >= 0.6 is 11.3 Å². The highest BCUT2D eigenvalue weighted by molar-refractivity contribution is 7.10. The number of aryl methyl sites for hydroxylation is 1. The first-order valence-corrected chi connectivity index (χ1v) is 8.42. The molecule has 2 aromatic heterocycles. The van der Waals surface area contributed by atoms with Crippen LogP contribution in [0.25, 0.3) is 11.0 Å². The number of thiophene rings is 1. The van der Waals surface area contributed by atoms with Crippen molar-refractivity contribution in [2.45, 2.75) is 19.5 Å². The first-order valence-electron chi connectivity index (χ1n) is 7.54. The van der Waals surface area contributed by atoms with Crippen LogP contribution in [0.4, 0.5) is 4.39 Å². The van der Waals surface area contributed by atoms with Gasteiger partial charge in [0, 0.05) is 37.6 Å². The largest absolute Gasteiger partial charge is 0.308 e. The topological polar surface area (TPSA) is 38.1 Å². The van der Waals surface area contributed by atoms with E-state index in [-0.39, 0.29) is 11.4 Å². The van der Waals surface area contributed by atoms with Crippen molar-refractivity contribution in [3.8, 4) is 0 Å². The lowest BCUT2D eigenvalue weighted by atomic mass is 10.1. The molecule has 0 saturated heterocycles. The molecule has 0 saturated carbocycles. The molecule has 0 bridgehead atoms. The zero-order valence-electron chi connectivity index (χ0n) is 12.8. The van der Waals surface area contributed by atoms with Gasteiger partial charge < -0.3 is 4.57 Å². The molecule has 3 aromatic rings. The molecule has 1 aromatic carbocycles. The van der Waals surface area contributed by atoms with Crippen LogP contribution in [-0.2, 0) is 26.6 Å². The molecule has 23 heavy (non-hydrogen) atoms. The van der Waals surface area contributed by atoms with E-state index >= 15 is 0 Å². The first kappa shape index (κ1) is 14.5. The zero-order valence-corrected chi connectivity index (χ0v) is 13.6. The molecular weight excluding hydrogens is 313 g/mol. The van der Waals surface area contributed by atoms with Crippen molar-refractivity contribution < 1.29 is 4.39 Å². The van der Waals surface area contributed by atoms with Crippen molar-refractivity contribution >= 4 is 22.4 Å². The van der Waals surface area contributed by atoms with Gasteiger partial charge in [0.05, 0.1) is 11.0 Å². The molecule has 0 atom stereocenters. The summed E-state index contributed by atoms with van der Waals surface area (Å²) in [6, 6.07) is 6.48. The van der Waals surface area contributed by atoms with Crippen LogP contribution in [0, 0.1) is 5.82 Å². The predicted octanol–water partition coefficient (Wildman–Crippen LogP) is 2.69. The Morgan fingerprint density at radius 2 is 2.22 bits per heavy atom. The molecule has 4 rings (SSSR count). The van der Waals surface area contributed by atoms with Gasteiger partial charge in [-0.2, -0.15) is 0 Å². The first-order chi connectivity index (χ1) is 11.1. The molecule has 0 spiro atoms. The van der Waals surface area contributed by atoms with Crippen LogP contribution in [-0.4, -0.2) is 21.0 Å². The second-order valence-corrected chi connectivity index (χ2v) is 6.89. The van der Waals surface area contributed by atoms with E-state index in [9.17, 15) is 9.18 Å². The predicted molar refractivity (Wildman–Crippen MR) is 89.1 cm³/mol. The number of hydrogen-bond acceptors (Lipinski definition) is 4. The van der Waals surface area contributed by atoms with Gasteiger partial charge in [-0.1, -0.05) is 0 Å². The van der Waals surface area contributed by atoms with Crippen molar-refractivity contribution in [2.75, 3.05) is 6.54 Å². The summed E-state index contributed by atoms with van der Waals surface area (Å²) in [6.07, 6.45) is 1.01. The van der Waals surface area contributed by atoms with E-state index in [4.69, 9.17) is 0 Å². The van der Waals surface area contributed by atoms with Crippen LogP contribution in [0.5, 0.6) is 0 Å². The number of benzene rings is 1. The second-order valence-electron chi connectivity index (χ2n) is 5.89. The smallest absolute Gasteiger partial charge is 0.273 e. The standard InChI is InChI=1S/C17H16FN3OS/c1-20-15-3-2-12(18)8-13(15)19-14(17(20)22)10-21-6-4-16-11(9-21)5-7-23-16/h2-3,5,7-8H,4,6,9-10H2,1H3. The van der Waals surface area contributed by atoms with E-state index in [0.717, 1.165) is 19.5 Å². The van der Waals surface area contributed by atoms with Crippen LogP contribution in [0.3, 0.4) is 0 Å². The van der Waals surface area contributed by atoms with Gasteiger partial charge in [0.15, 0.2) is 0 Å². The number of nitrogens with zero attached hydrogens (tertiary/aromatic N) is 3. The second kappa shape index (κ2) is 5.54. The van der Waals surface area contributed by atoms with Gasteiger partial charge in [0.25, 0.3) is 5.56 Å². The Balaban J connectivity index is 1.69. The normalized spacial score (nSPS) is 15.0. The summed E-state index contributed by atoms with van der Waals surface area (Å²) in [6.45, 7) is 2.25. The number of rotatable bonds is 2. The van der Waals surface area contributed by atoms with Gasteiger partial charge in [-0.15, -0.1) is 11.3 Å². The molecule has 0 unspecified atom stereocenters. The van der Waals surface area contributed by atoms with Crippen molar-refractivity contribution in [3.05, 3.63) is 62.0 Å². The number of fused-ring (bicyclic) bond motifs is 2. The average Bonchev–Trinajstić information content (AvgIpc) is 3.00. The van der Waals surface area contributed by atoms with Crippen LogP contribution < -0.4 is 5.56 Å². The summed E-state index contributed by atoms with van der Waals surface area (Å²) in [7, 11) is 1.71. The number of halogens is 1. The third-order valence-electron chi connectivity index (χ3n) is 4.37. The zero-order chi connectivity index (χ0) is 16.0. The third-order valence-corrected chi connectivity index (χ3v) is 5.39. The van der Waals surface area contributed by atoms with E-state index < -0.39 is 0 Å². The Morgan fingerprint density at radius 3 is 3.09 bits per heavy atom. The fourth-order valence-corrected chi connectivity index (χ4v) is 4.01. The summed E-state index contributed by atoms with van der Waals surface area (Å²) >= 11 is 1.79. The lowest BCUT2D eigenvalue weighted by molar-refractivity contribution is 0.243. The molecule has 0 aliphatic carbocycles. The van der Waals surface area contributed by atoms with E-state index in [1.807, 2.05) is 0 Å². The molecule has 118 valence electrons. The Hall–Kier alpha value is -2.05. The van der Waals surface area contributed by atoms with Crippen LogP contribution in [0.2, 0.25) is 0 Å². The fourth-order valence-electron chi connectivity index (χ4n) is 3.12. The lowest BCUT2D eigenvalue weighted by Gasteiger charge is -2.26. The SMILES string of the molecule is Cn1c(=O)c(CN2CCc3sccc3C2)nc2cc(F)ccc21. The molecule has 0 amide bonds. The summed E-state index contributed by atoms with van der Waals surface area (Å²) in [5.41, 5.74) is 2.88. The van der Waals surface area contributed by atoms with Gasteiger partial charge in [-0.05, 0) is 35.6 Å². The van der Waals surface area contributed by atoms with Gasteiger partial charge in [0.2, 0.25) is 0 Å².